The molecule has 0 saturated heterocycles. The molecule has 0 amide bonds. The van der Waals surface area contributed by atoms with Gasteiger partial charge in [-0.3, -0.25) is 19.1 Å². The highest BCUT2D eigenvalue weighted by atomic mass is 16.3. The monoisotopic (exact) mass is 206 g/mol. The van der Waals surface area contributed by atoms with Gasteiger partial charge in [-0.25, -0.2) is 4.79 Å². The fraction of sp³-hybridized carbons (Fsp3) is 0.222. The fourth-order valence-electron chi connectivity index (χ4n) is 1.27. The Morgan fingerprint density at radius 1 is 1.47 bits per heavy atom. The number of aromatic nitrogens is 4. The first-order chi connectivity index (χ1) is 7.18. The van der Waals surface area contributed by atoms with Crippen LogP contribution >= 0.6 is 0 Å². The Morgan fingerprint density at radius 3 is 2.80 bits per heavy atom. The van der Waals surface area contributed by atoms with Crippen LogP contribution in [-0.2, 0) is 13.6 Å². The zero-order chi connectivity index (χ0) is 10.8. The zero-order valence-electron chi connectivity index (χ0n) is 8.16. The van der Waals surface area contributed by atoms with E-state index in [1.54, 1.807) is 18.6 Å². The van der Waals surface area contributed by atoms with Crippen molar-refractivity contribution in [2.24, 2.45) is 7.05 Å². The van der Waals surface area contributed by atoms with Crippen molar-refractivity contribution in [3.05, 3.63) is 41.0 Å². The molecule has 6 heteroatoms. The largest absolute Gasteiger partial charge is 0.493 e. The highest BCUT2D eigenvalue weighted by Gasteiger charge is 2.06. The number of imidazole rings is 1. The summed E-state index contributed by atoms with van der Waals surface area (Å²) in [6.07, 6.45) is 6.07. The lowest BCUT2D eigenvalue weighted by atomic mass is 10.4. The molecule has 0 atom stereocenters. The van der Waals surface area contributed by atoms with E-state index in [0.717, 1.165) is 4.57 Å². The first kappa shape index (κ1) is 9.45. The highest BCUT2D eigenvalue weighted by Crippen LogP contribution is 2.04. The van der Waals surface area contributed by atoms with Gasteiger partial charge in [-0.1, -0.05) is 0 Å². The minimum Gasteiger partial charge on any atom is -0.493 e. The van der Waals surface area contributed by atoms with E-state index in [1.807, 2.05) is 0 Å². The van der Waals surface area contributed by atoms with Gasteiger partial charge < -0.3 is 5.11 Å². The molecule has 78 valence electrons. The maximum absolute atomic E-state index is 11.5. The molecule has 0 aliphatic rings. The van der Waals surface area contributed by atoms with Crippen LogP contribution in [0.4, 0.5) is 0 Å². The van der Waals surface area contributed by atoms with E-state index in [4.69, 9.17) is 0 Å². The molecule has 0 spiro atoms. The Balaban J connectivity index is 2.33. The second-order valence-corrected chi connectivity index (χ2v) is 3.15. The van der Waals surface area contributed by atoms with Gasteiger partial charge in [-0.05, 0) is 0 Å². The molecule has 0 saturated carbocycles. The summed E-state index contributed by atoms with van der Waals surface area (Å²) >= 11 is 0. The second kappa shape index (κ2) is 3.56. The van der Waals surface area contributed by atoms with Crippen LogP contribution in [-0.4, -0.2) is 24.2 Å². The van der Waals surface area contributed by atoms with Crippen molar-refractivity contribution in [2.75, 3.05) is 0 Å². The predicted octanol–water partition coefficient (Wildman–Crippen LogP) is -0.269. The summed E-state index contributed by atoms with van der Waals surface area (Å²) in [6, 6.07) is 0. The summed E-state index contributed by atoms with van der Waals surface area (Å²) in [5, 5.41) is 9.31. The van der Waals surface area contributed by atoms with Crippen molar-refractivity contribution in [3.63, 3.8) is 0 Å². The predicted molar refractivity (Wildman–Crippen MR) is 52.5 cm³/mol. The standard InChI is InChI=1S/C9H10N4O2/c1-12-8(14)6-13(9(12)15)5-7-4-10-2-3-11-7/h2-4,6,14H,5H2,1H3. The van der Waals surface area contributed by atoms with Crippen LogP contribution in [0.2, 0.25) is 0 Å². The van der Waals surface area contributed by atoms with Crippen molar-refractivity contribution >= 4 is 0 Å². The third-order valence-electron chi connectivity index (χ3n) is 2.10. The first-order valence-corrected chi connectivity index (χ1v) is 4.38. The van der Waals surface area contributed by atoms with Crippen molar-refractivity contribution in [3.8, 4) is 5.88 Å². The van der Waals surface area contributed by atoms with Gasteiger partial charge in [0.15, 0.2) is 0 Å². The molecule has 15 heavy (non-hydrogen) atoms. The zero-order valence-corrected chi connectivity index (χ0v) is 8.16. The molecule has 2 rings (SSSR count). The lowest BCUT2D eigenvalue weighted by Crippen LogP contribution is -2.22. The smallest absolute Gasteiger partial charge is 0.331 e. The number of aromatic hydroxyl groups is 1. The average molecular weight is 206 g/mol. The van der Waals surface area contributed by atoms with E-state index in [9.17, 15) is 9.90 Å². The van der Waals surface area contributed by atoms with Crippen LogP contribution in [0.3, 0.4) is 0 Å². The molecule has 0 fully saturated rings. The van der Waals surface area contributed by atoms with Crippen LogP contribution in [0.1, 0.15) is 5.69 Å². The van der Waals surface area contributed by atoms with Crippen LogP contribution in [0.15, 0.2) is 29.6 Å². The van der Waals surface area contributed by atoms with Gasteiger partial charge in [-0.2, -0.15) is 0 Å². The van der Waals surface area contributed by atoms with E-state index in [1.165, 1.54) is 17.8 Å². The fourth-order valence-corrected chi connectivity index (χ4v) is 1.27. The van der Waals surface area contributed by atoms with Gasteiger partial charge in [0.2, 0.25) is 5.88 Å². The lowest BCUT2D eigenvalue weighted by molar-refractivity contribution is 0.429. The molecule has 0 aliphatic carbocycles. The number of nitrogens with zero attached hydrogens (tertiary/aromatic N) is 4. The van der Waals surface area contributed by atoms with Gasteiger partial charge in [0.05, 0.1) is 24.6 Å². The molecule has 2 aromatic rings. The molecule has 0 aliphatic heterocycles. The molecule has 2 heterocycles. The molecule has 1 N–H and O–H groups in total. The van der Waals surface area contributed by atoms with Crippen LogP contribution in [0.25, 0.3) is 0 Å². The van der Waals surface area contributed by atoms with Crippen molar-refractivity contribution in [2.45, 2.75) is 6.54 Å². The number of hydrogen-bond donors (Lipinski definition) is 1. The van der Waals surface area contributed by atoms with Gasteiger partial charge in [0.1, 0.15) is 0 Å². The Kier molecular flexibility index (Phi) is 2.24. The third-order valence-corrected chi connectivity index (χ3v) is 2.10. The second-order valence-electron chi connectivity index (χ2n) is 3.15. The number of hydrogen-bond acceptors (Lipinski definition) is 4. The quantitative estimate of drug-likeness (QED) is 0.734. The maximum Gasteiger partial charge on any atom is 0.331 e. The van der Waals surface area contributed by atoms with Crippen molar-refractivity contribution in [1.29, 1.82) is 0 Å². The van der Waals surface area contributed by atoms with Gasteiger partial charge in [0, 0.05) is 19.4 Å². The highest BCUT2D eigenvalue weighted by molar-refractivity contribution is 5.06. The molecular weight excluding hydrogens is 196 g/mol. The summed E-state index contributed by atoms with van der Waals surface area (Å²) in [4.78, 5) is 19.4. The molecule has 0 aromatic carbocycles. The van der Waals surface area contributed by atoms with E-state index < -0.39 is 0 Å². The minimum absolute atomic E-state index is 0.0658. The van der Waals surface area contributed by atoms with Gasteiger partial charge in [-0.15, -0.1) is 0 Å². The summed E-state index contributed by atoms with van der Waals surface area (Å²) < 4.78 is 2.54. The summed E-state index contributed by atoms with van der Waals surface area (Å²) in [6.45, 7) is 0.307. The summed E-state index contributed by atoms with van der Waals surface area (Å²) in [5.74, 6) is -0.0658. The molecule has 6 nitrogen and oxygen atoms in total. The molecule has 0 unspecified atom stereocenters. The first-order valence-electron chi connectivity index (χ1n) is 4.38. The van der Waals surface area contributed by atoms with Crippen LogP contribution in [0, 0.1) is 0 Å². The summed E-state index contributed by atoms with van der Waals surface area (Å²) in [5.41, 5.74) is 0.392. The SMILES string of the molecule is Cn1c(O)cn(Cc2cnccn2)c1=O. The van der Waals surface area contributed by atoms with E-state index in [2.05, 4.69) is 9.97 Å². The normalized spacial score (nSPS) is 10.5. The van der Waals surface area contributed by atoms with E-state index in [-0.39, 0.29) is 11.6 Å². The topological polar surface area (TPSA) is 72.9 Å². The Bertz CT molecular complexity index is 515. The molecule has 2 aromatic heterocycles. The Hall–Kier alpha value is -2.11. The van der Waals surface area contributed by atoms with E-state index in [0.29, 0.717) is 12.2 Å². The van der Waals surface area contributed by atoms with Gasteiger partial charge in [0.25, 0.3) is 0 Å². The van der Waals surface area contributed by atoms with Crippen LogP contribution < -0.4 is 5.69 Å². The maximum atomic E-state index is 11.5. The minimum atomic E-state index is -0.279. The van der Waals surface area contributed by atoms with Crippen LogP contribution in [0.5, 0.6) is 5.88 Å². The molecule has 0 radical (unpaired) electrons. The molecule has 0 bridgehead atoms. The van der Waals surface area contributed by atoms with Gasteiger partial charge >= 0.3 is 5.69 Å². The third kappa shape index (κ3) is 1.74. The summed E-state index contributed by atoms with van der Waals surface area (Å²) in [7, 11) is 1.50. The number of rotatable bonds is 2. The Labute approximate surface area is 85.5 Å². The lowest BCUT2D eigenvalue weighted by Gasteiger charge is -1.98. The Morgan fingerprint density at radius 2 is 2.27 bits per heavy atom. The average Bonchev–Trinajstić information content (AvgIpc) is 2.48. The van der Waals surface area contributed by atoms with E-state index >= 15 is 0 Å². The van der Waals surface area contributed by atoms with Crippen molar-refractivity contribution < 1.29 is 5.11 Å². The van der Waals surface area contributed by atoms with Crippen molar-refractivity contribution in [1.82, 2.24) is 19.1 Å². The molecular formula is C9H10N4O2.